The number of carbonyl (C=O) groups excluding carboxylic acids is 1. The van der Waals surface area contributed by atoms with Crippen molar-refractivity contribution in [2.24, 2.45) is 11.8 Å². The van der Waals surface area contributed by atoms with Crippen LogP contribution in [0.3, 0.4) is 0 Å². The third kappa shape index (κ3) is 4.86. The van der Waals surface area contributed by atoms with Gasteiger partial charge in [0.2, 0.25) is 5.91 Å². The van der Waals surface area contributed by atoms with Gasteiger partial charge in [0, 0.05) is 45.2 Å². The smallest absolute Gasteiger partial charge is 0.222 e. The van der Waals surface area contributed by atoms with Crippen LogP contribution in [-0.4, -0.2) is 54.5 Å². The Labute approximate surface area is 157 Å². The fourth-order valence-electron chi connectivity index (χ4n) is 4.49. The van der Waals surface area contributed by atoms with Gasteiger partial charge in [-0.2, -0.15) is 0 Å². The Bertz CT molecular complexity index is 587. The van der Waals surface area contributed by atoms with Gasteiger partial charge in [0.05, 0.1) is 6.61 Å². The van der Waals surface area contributed by atoms with Gasteiger partial charge in [-0.05, 0) is 49.5 Å². The quantitative estimate of drug-likeness (QED) is 0.670. The number of nitrogens with zero attached hydrogens (tertiary/aromatic N) is 2. The van der Waals surface area contributed by atoms with Crippen LogP contribution in [0.2, 0.25) is 0 Å². The first-order chi connectivity index (χ1) is 12.8. The molecule has 0 spiro atoms. The van der Waals surface area contributed by atoms with Gasteiger partial charge < -0.3 is 9.64 Å². The van der Waals surface area contributed by atoms with Crippen LogP contribution in [0, 0.1) is 11.8 Å². The first kappa shape index (κ1) is 18.0. The molecule has 4 fully saturated rings. The van der Waals surface area contributed by atoms with E-state index in [0.29, 0.717) is 37.5 Å². The highest BCUT2D eigenvalue weighted by Crippen LogP contribution is 2.34. The van der Waals surface area contributed by atoms with Gasteiger partial charge in [-0.25, -0.2) is 0 Å². The van der Waals surface area contributed by atoms with Crippen LogP contribution >= 0.6 is 0 Å². The number of fused-ring (bicyclic) bond motifs is 4. The zero-order valence-electron chi connectivity index (χ0n) is 15.8. The Morgan fingerprint density at radius 3 is 2.69 bits per heavy atom. The molecule has 1 saturated carbocycles. The molecule has 3 saturated heterocycles. The summed E-state index contributed by atoms with van der Waals surface area (Å²) in [7, 11) is 0. The number of amides is 1. The van der Waals surface area contributed by atoms with E-state index in [1.165, 1.54) is 44.3 Å². The van der Waals surface area contributed by atoms with Crippen LogP contribution in [0.25, 0.3) is 0 Å². The van der Waals surface area contributed by atoms with Crippen LogP contribution in [0.15, 0.2) is 30.3 Å². The van der Waals surface area contributed by atoms with Crippen molar-refractivity contribution in [3.63, 3.8) is 0 Å². The molecule has 1 aliphatic carbocycles. The largest absolute Gasteiger partial charge is 0.377 e. The lowest BCUT2D eigenvalue weighted by atomic mass is 9.95. The van der Waals surface area contributed by atoms with E-state index < -0.39 is 0 Å². The number of hydrogen-bond donors (Lipinski definition) is 0. The summed E-state index contributed by atoms with van der Waals surface area (Å²) in [5.41, 5.74) is 1.19. The first-order valence-corrected chi connectivity index (χ1v) is 10.4. The molecular formula is C22H32N2O2. The number of rotatable bonds is 8. The van der Waals surface area contributed by atoms with Crippen LogP contribution < -0.4 is 0 Å². The molecule has 0 radical (unpaired) electrons. The van der Waals surface area contributed by atoms with E-state index in [0.717, 1.165) is 25.4 Å². The molecule has 2 bridgehead atoms. The molecule has 1 aromatic carbocycles. The van der Waals surface area contributed by atoms with Crippen molar-refractivity contribution in [2.75, 3.05) is 32.8 Å². The second kappa shape index (κ2) is 8.53. The third-order valence-corrected chi connectivity index (χ3v) is 6.16. The zero-order chi connectivity index (χ0) is 17.8. The Hall–Kier alpha value is -1.39. The second-order valence-electron chi connectivity index (χ2n) is 8.43. The highest BCUT2D eigenvalue weighted by Gasteiger charge is 2.38. The van der Waals surface area contributed by atoms with E-state index in [1.807, 2.05) is 18.2 Å². The van der Waals surface area contributed by atoms with Gasteiger partial charge in [0.1, 0.15) is 0 Å². The van der Waals surface area contributed by atoms with E-state index in [1.54, 1.807) is 0 Å². The second-order valence-corrected chi connectivity index (χ2v) is 8.43. The van der Waals surface area contributed by atoms with Crippen molar-refractivity contribution in [3.8, 4) is 0 Å². The molecule has 5 rings (SSSR count). The molecular weight excluding hydrogens is 324 g/mol. The molecule has 4 nitrogen and oxygen atoms in total. The van der Waals surface area contributed by atoms with Crippen molar-refractivity contribution in [3.05, 3.63) is 35.9 Å². The summed E-state index contributed by atoms with van der Waals surface area (Å²) in [6, 6.07) is 10.8. The average Bonchev–Trinajstić information content (AvgIpc) is 3.50. The fourth-order valence-corrected chi connectivity index (χ4v) is 4.49. The number of carbonyl (C=O) groups is 1. The van der Waals surface area contributed by atoms with E-state index in [4.69, 9.17) is 4.74 Å². The van der Waals surface area contributed by atoms with Gasteiger partial charge in [-0.15, -0.1) is 0 Å². The maximum Gasteiger partial charge on any atom is 0.222 e. The molecule has 1 aromatic rings. The summed E-state index contributed by atoms with van der Waals surface area (Å²) < 4.78 is 5.73. The monoisotopic (exact) mass is 356 g/mol. The Morgan fingerprint density at radius 1 is 1.04 bits per heavy atom. The van der Waals surface area contributed by atoms with Crippen molar-refractivity contribution in [1.29, 1.82) is 0 Å². The molecule has 2 atom stereocenters. The summed E-state index contributed by atoms with van der Waals surface area (Å²) in [5, 5.41) is 0. The summed E-state index contributed by atoms with van der Waals surface area (Å²) in [5.74, 6) is 1.96. The lowest BCUT2D eigenvalue weighted by molar-refractivity contribution is -0.132. The molecule has 4 heteroatoms. The molecule has 3 aliphatic heterocycles. The molecule has 0 unspecified atom stereocenters. The normalized spacial score (nSPS) is 26.1. The van der Waals surface area contributed by atoms with Gasteiger partial charge in [0.15, 0.2) is 0 Å². The number of ether oxygens (including phenoxy) is 1. The number of hydrogen-bond acceptors (Lipinski definition) is 3. The van der Waals surface area contributed by atoms with Crippen molar-refractivity contribution < 1.29 is 9.53 Å². The molecule has 142 valence electrons. The number of benzene rings is 1. The molecule has 0 N–H and O–H groups in total. The van der Waals surface area contributed by atoms with E-state index in [9.17, 15) is 4.79 Å². The third-order valence-electron chi connectivity index (χ3n) is 6.16. The van der Waals surface area contributed by atoms with E-state index in [-0.39, 0.29) is 0 Å². The minimum atomic E-state index is 0.332. The predicted molar refractivity (Wildman–Crippen MR) is 103 cm³/mol. The van der Waals surface area contributed by atoms with Crippen LogP contribution in [0.5, 0.6) is 0 Å². The van der Waals surface area contributed by atoms with Crippen LogP contribution in [0.1, 0.15) is 44.1 Å². The van der Waals surface area contributed by atoms with Gasteiger partial charge in [-0.3, -0.25) is 9.69 Å². The molecule has 4 aliphatic rings. The maximum atomic E-state index is 12.7. The summed E-state index contributed by atoms with van der Waals surface area (Å²) >= 11 is 0. The van der Waals surface area contributed by atoms with Crippen LogP contribution in [-0.2, 0) is 16.1 Å². The molecule has 1 amide bonds. The summed E-state index contributed by atoms with van der Waals surface area (Å²) in [6.45, 7) is 5.71. The van der Waals surface area contributed by atoms with Gasteiger partial charge in [-0.1, -0.05) is 30.3 Å². The topological polar surface area (TPSA) is 32.8 Å². The van der Waals surface area contributed by atoms with Gasteiger partial charge in [0.25, 0.3) is 0 Å². The lowest BCUT2D eigenvalue weighted by Crippen LogP contribution is -2.45. The highest BCUT2D eigenvalue weighted by molar-refractivity contribution is 5.76. The minimum Gasteiger partial charge on any atom is -0.377 e. The van der Waals surface area contributed by atoms with Crippen molar-refractivity contribution in [2.45, 2.75) is 51.2 Å². The zero-order valence-corrected chi connectivity index (χ0v) is 15.8. The van der Waals surface area contributed by atoms with E-state index >= 15 is 0 Å². The minimum absolute atomic E-state index is 0.332. The first-order valence-electron chi connectivity index (χ1n) is 10.4. The molecule has 26 heavy (non-hydrogen) atoms. The van der Waals surface area contributed by atoms with E-state index in [2.05, 4.69) is 21.9 Å². The summed E-state index contributed by atoms with van der Waals surface area (Å²) in [4.78, 5) is 17.6. The lowest BCUT2D eigenvalue weighted by Gasteiger charge is -2.36. The average molecular weight is 357 g/mol. The predicted octanol–water partition coefficient (Wildman–Crippen LogP) is 3.32. The summed E-state index contributed by atoms with van der Waals surface area (Å²) in [6.07, 6.45) is 6.86. The highest BCUT2D eigenvalue weighted by atomic mass is 16.5. The SMILES string of the molecule is O=C(CCCOCc1ccccc1)N1C[C@@H]2CC[C@H](C1)N(CC1CC1)C2. The maximum absolute atomic E-state index is 12.7. The molecule has 3 heterocycles. The Kier molecular flexibility index (Phi) is 5.91. The standard InChI is InChI=1S/C22H32N2O2/c25-22(7-4-12-26-17-19-5-2-1-3-6-19)24-15-20-10-11-21(16-24)23(14-20)13-18-8-9-18/h1-3,5-6,18,20-21H,4,7-17H2/t20-,21-/m1/s1. The van der Waals surface area contributed by atoms with Crippen molar-refractivity contribution in [1.82, 2.24) is 9.80 Å². The fraction of sp³-hybridized carbons (Fsp3) is 0.682. The number of piperidine rings is 1. The Balaban J connectivity index is 1.18. The molecule has 0 aromatic heterocycles. The van der Waals surface area contributed by atoms with Crippen LogP contribution in [0.4, 0.5) is 0 Å². The van der Waals surface area contributed by atoms with Crippen molar-refractivity contribution >= 4 is 5.91 Å². The Morgan fingerprint density at radius 2 is 1.88 bits per heavy atom. The van der Waals surface area contributed by atoms with Gasteiger partial charge >= 0.3 is 0 Å².